The van der Waals surface area contributed by atoms with E-state index in [9.17, 15) is 4.39 Å². The summed E-state index contributed by atoms with van der Waals surface area (Å²) in [4.78, 5) is 7.25. The Bertz CT molecular complexity index is 332. The Labute approximate surface area is 87.9 Å². The molecule has 0 amide bonds. The van der Waals surface area contributed by atoms with E-state index in [4.69, 9.17) is 4.74 Å². The molecule has 0 aliphatic heterocycles. The number of methoxy groups -OCH3 is 1. The average molecular weight is 211 g/mol. The summed E-state index contributed by atoms with van der Waals surface area (Å²) in [6, 6.07) is 2.08. The Balaban J connectivity index is 1.94. The Hall–Kier alpha value is -1.23. The molecule has 0 atom stereocenters. The summed E-state index contributed by atoms with van der Waals surface area (Å²) < 4.78 is 18.0. The molecule has 0 aromatic carbocycles. The van der Waals surface area contributed by atoms with Crippen molar-refractivity contribution >= 4 is 5.82 Å². The van der Waals surface area contributed by atoms with Gasteiger partial charge in [-0.2, -0.15) is 9.37 Å². The third kappa shape index (κ3) is 2.41. The van der Waals surface area contributed by atoms with Gasteiger partial charge in [-0.05, 0) is 19.8 Å². The van der Waals surface area contributed by atoms with Crippen LogP contribution >= 0.6 is 0 Å². The molecule has 1 heterocycles. The van der Waals surface area contributed by atoms with Crippen LogP contribution in [0.3, 0.4) is 0 Å². The lowest BCUT2D eigenvalue weighted by atomic mass is 9.89. The van der Waals surface area contributed by atoms with E-state index in [1.165, 1.54) is 0 Å². The Kier molecular flexibility index (Phi) is 2.81. The fraction of sp³-hybridized carbons (Fsp3) is 0.600. The predicted octanol–water partition coefficient (Wildman–Crippen LogP) is 1.51. The topological polar surface area (TPSA) is 47.0 Å². The molecule has 1 aromatic rings. The van der Waals surface area contributed by atoms with Gasteiger partial charge in [0.1, 0.15) is 5.82 Å². The summed E-state index contributed by atoms with van der Waals surface area (Å²) in [6.45, 7) is 1.74. The van der Waals surface area contributed by atoms with Crippen molar-refractivity contribution in [2.24, 2.45) is 0 Å². The van der Waals surface area contributed by atoms with Crippen molar-refractivity contribution < 1.29 is 9.13 Å². The lowest BCUT2D eigenvalue weighted by Crippen LogP contribution is -2.40. The zero-order chi connectivity index (χ0) is 10.8. The zero-order valence-corrected chi connectivity index (χ0v) is 8.83. The monoisotopic (exact) mass is 211 g/mol. The van der Waals surface area contributed by atoms with Gasteiger partial charge >= 0.3 is 6.08 Å². The fourth-order valence-corrected chi connectivity index (χ4v) is 1.69. The quantitative estimate of drug-likeness (QED) is 0.770. The van der Waals surface area contributed by atoms with E-state index in [0.29, 0.717) is 23.7 Å². The SMILES string of the molecule is COC1CC(Nc2cc(C)nc(F)n2)C1. The van der Waals surface area contributed by atoms with E-state index in [2.05, 4.69) is 15.3 Å². The molecule has 0 spiro atoms. The van der Waals surface area contributed by atoms with Crippen LogP contribution in [0.1, 0.15) is 18.5 Å². The molecule has 0 unspecified atom stereocenters. The minimum absolute atomic E-state index is 0.329. The van der Waals surface area contributed by atoms with Crippen LogP contribution < -0.4 is 5.32 Å². The van der Waals surface area contributed by atoms with Gasteiger partial charge in [0.15, 0.2) is 0 Å². The van der Waals surface area contributed by atoms with Crippen molar-refractivity contribution in [2.75, 3.05) is 12.4 Å². The Morgan fingerprint density at radius 1 is 1.47 bits per heavy atom. The average Bonchev–Trinajstić information content (AvgIpc) is 2.08. The molecule has 82 valence electrons. The van der Waals surface area contributed by atoms with Crippen LogP contribution in [-0.2, 0) is 4.74 Å². The van der Waals surface area contributed by atoms with Gasteiger partial charge in [0.2, 0.25) is 0 Å². The molecular weight excluding hydrogens is 197 g/mol. The first kappa shape index (κ1) is 10.3. The summed E-state index contributed by atoms with van der Waals surface area (Å²) >= 11 is 0. The first-order valence-electron chi connectivity index (χ1n) is 4.98. The number of nitrogens with one attached hydrogen (secondary N) is 1. The van der Waals surface area contributed by atoms with Crippen LogP contribution in [0.2, 0.25) is 0 Å². The number of hydrogen-bond donors (Lipinski definition) is 1. The minimum atomic E-state index is -0.680. The van der Waals surface area contributed by atoms with Crippen molar-refractivity contribution in [1.29, 1.82) is 0 Å². The van der Waals surface area contributed by atoms with Crippen molar-refractivity contribution in [3.05, 3.63) is 17.8 Å². The first-order chi connectivity index (χ1) is 7.17. The van der Waals surface area contributed by atoms with Crippen LogP contribution in [0.15, 0.2) is 6.07 Å². The molecule has 1 N–H and O–H groups in total. The molecule has 1 aromatic heterocycles. The highest BCUT2D eigenvalue weighted by molar-refractivity contribution is 5.36. The van der Waals surface area contributed by atoms with Crippen molar-refractivity contribution in [1.82, 2.24) is 9.97 Å². The molecule has 0 radical (unpaired) electrons. The summed E-state index contributed by atoms with van der Waals surface area (Å²) in [5.74, 6) is 0.555. The summed E-state index contributed by atoms with van der Waals surface area (Å²) in [6.07, 6.45) is 1.54. The van der Waals surface area contributed by atoms with Crippen molar-refractivity contribution in [3.63, 3.8) is 0 Å². The highest BCUT2D eigenvalue weighted by Gasteiger charge is 2.29. The lowest BCUT2D eigenvalue weighted by molar-refractivity contribution is 0.0328. The maximum Gasteiger partial charge on any atom is 0.310 e. The van der Waals surface area contributed by atoms with Crippen LogP contribution in [-0.4, -0.2) is 29.2 Å². The fourth-order valence-electron chi connectivity index (χ4n) is 1.69. The van der Waals surface area contributed by atoms with Gasteiger partial charge in [-0.3, -0.25) is 0 Å². The van der Waals surface area contributed by atoms with E-state index >= 15 is 0 Å². The van der Waals surface area contributed by atoms with Crippen molar-refractivity contribution in [2.45, 2.75) is 31.9 Å². The second-order valence-corrected chi connectivity index (χ2v) is 3.83. The molecule has 4 nitrogen and oxygen atoms in total. The number of halogens is 1. The summed E-state index contributed by atoms with van der Waals surface area (Å²) in [7, 11) is 1.70. The standard InChI is InChI=1S/C10H14FN3O/c1-6-3-9(14-10(11)12-6)13-7-4-8(5-7)15-2/h3,7-8H,4-5H2,1-2H3,(H,12,13,14). The molecule has 0 bridgehead atoms. The van der Waals surface area contributed by atoms with Gasteiger partial charge in [0, 0.05) is 24.9 Å². The molecule has 2 rings (SSSR count). The lowest BCUT2D eigenvalue weighted by Gasteiger charge is -2.34. The number of hydrogen-bond acceptors (Lipinski definition) is 4. The minimum Gasteiger partial charge on any atom is -0.381 e. The number of aryl methyl sites for hydroxylation is 1. The first-order valence-corrected chi connectivity index (χ1v) is 4.98. The van der Waals surface area contributed by atoms with Gasteiger partial charge in [-0.1, -0.05) is 0 Å². The molecule has 1 fully saturated rings. The second kappa shape index (κ2) is 4.10. The summed E-state index contributed by atoms with van der Waals surface area (Å²) in [5.41, 5.74) is 0.632. The van der Waals surface area contributed by atoms with Crippen LogP contribution in [0.4, 0.5) is 10.2 Å². The molecule has 5 heteroatoms. The van der Waals surface area contributed by atoms with Crippen LogP contribution in [0, 0.1) is 13.0 Å². The van der Waals surface area contributed by atoms with Gasteiger partial charge in [-0.15, -0.1) is 0 Å². The molecule has 1 saturated carbocycles. The zero-order valence-electron chi connectivity index (χ0n) is 8.83. The maximum atomic E-state index is 12.9. The Morgan fingerprint density at radius 2 is 2.20 bits per heavy atom. The molecule has 1 aliphatic rings. The Morgan fingerprint density at radius 3 is 2.80 bits per heavy atom. The third-order valence-electron chi connectivity index (χ3n) is 2.61. The molecule has 0 saturated heterocycles. The van der Waals surface area contributed by atoms with Gasteiger partial charge in [0.25, 0.3) is 0 Å². The van der Waals surface area contributed by atoms with E-state index in [-0.39, 0.29) is 0 Å². The smallest absolute Gasteiger partial charge is 0.310 e. The van der Waals surface area contributed by atoms with E-state index in [1.807, 2.05) is 0 Å². The highest BCUT2D eigenvalue weighted by Crippen LogP contribution is 2.25. The number of anilines is 1. The van der Waals surface area contributed by atoms with E-state index < -0.39 is 6.08 Å². The number of rotatable bonds is 3. The van der Waals surface area contributed by atoms with Crippen molar-refractivity contribution in [3.8, 4) is 0 Å². The normalized spacial score (nSPS) is 24.7. The van der Waals surface area contributed by atoms with Crippen LogP contribution in [0.5, 0.6) is 0 Å². The van der Waals surface area contributed by atoms with E-state index in [0.717, 1.165) is 12.8 Å². The number of aromatic nitrogens is 2. The molecule has 15 heavy (non-hydrogen) atoms. The summed E-state index contributed by atoms with van der Waals surface area (Å²) in [5, 5.41) is 3.15. The highest BCUT2D eigenvalue weighted by atomic mass is 19.1. The van der Waals surface area contributed by atoms with E-state index in [1.54, 1.807) is 20.1 Å². The maximum absolute atomic E-state index is 12.9. The second-order valence-electron chi connectivity index (χ2n) is 3.83. The predicted molar refractivity (Wildman–Crippen MR) is 54.2 cm³/mol. The largest absolute Gasteiger partial charge is 0.381 e. The number of ether oxygens (including phenoxy) is 1. The van der Waals surface area contributed by atoms with Gasteiger partial charge in [0.05, 0.1) is 6.10 Å². The molecular formula is C10H14FN3O. The number of nitrogens with zero attached hydrogens (tertiary/aromatic N) is 2. The van der Waals surface area contributed by atoms with Gasteiger partial charge in [-0.25, -0.2) is 4.98 Å². The molecule has 1 aliphatic carbocycles. The van der Waals surface area contributed by atoms with Gasteiger partial charge < -0.3 is 10.1 Å². The third-order valence-corrected chi connectivity index (χ3v) is 2.61. The van der Waals surface area contributed by atoms with Crippen LogP contribution in [0.25, 0.3) is 0 Å².